The lowest BCUT2D eigenvalue weighted by Gasteiger charge is -2.51. The molecule has 0 aliphatic heterocycles. The van der Waals surface area contributed by atoms with E-state index in [4.69, 9.17) is 0 Å². The van der Waals surface area contributed by atoms with Gasteiger partial charge in [-0.15, -0.1) is 0 Å². The summed E-state index contributed by atoms with van der Waals surface area (Å²) in [6.45, 7) is 2.63. The Morgan fingerprint density at radius 1 is 1.00 bits per heavy atom. The molecule has 2 saturated carbocycles. The lowest BCUT2D eigenvalue weighted by Crippen LogP contribution is -2.45. The fourth-order valence-electron chi connectivity index (χ4n) is 7.40. The molecule has 3 aliphatic rings. The Morgan fingerprint density at radius 2 is 1.83 bits per heavy atom. The summed E-state index contributed by atoms with van der Waals surface area (Å²) in [7, 11) is 0. The molecular formula is C27H34O2. The third-order valence-corrected chi connectivity index (χ3v) is 8.80. The zero-order valence-electron chi connectivity index (χ0n) is 17.6. The van der Waals surface area contributed by atoms with Gasteiger partial charge in [0.1, 0.15) is 0 Å². The molecule has 5 rings (SSSR count). The van der Waals surface area contributed by atoms with Gasteiger partial charge in [-0.05, 0) is 96.3 Å². The smallest absolute Gasteiger partial charge is 0.0681 e. The van der Waals surface area contributed by atoms with Gasteiger partial charge in [-0.1, -0.05) is 55.5 Å². The maximum Gasteiger partial charge on any atom is 0.0681 e. The summed E-state index contributed by atoms with van der Waals surface area (Å²) < 4.78 is 0. The van der Waals surface area contributed by atoms with Gasteiger partial charge in [-0.3, -0.25) is 0 Å². The van der Waals surface area contributed by atoms with E-state index < -0.39 is 0 Å². The number of hydrogen-bond acceptors (Lipinski definition) is 2. The van der Waals surface area contributed by atoms with Crippen LogP contribution in [0.4, 0.5) is 0 Å². The topological polar surface area (TPSA) is 40.5 Å². The van der Waals surface area contributed by atoms with Crippen molar-refractivity contribution in [2.75, 3.05) is 0 Å². The average Bonchev–Trinajstić information content (AvgIpc) is 3.11. The summed E-state index contributed by atoms with van der Waals surface area (Å²) in [4.78, 5) is 0. The van der Waals surface area contributed by atoms with Crippen LogP contribution >= 0.6 is 0 Å². The Kier molecular flexibility index (Phi) is 5.04. The Bertz CT molecular complexity index is 860. The van der Waals surface area contributed by atoms with Gasteiger partial charge in [0.25, 0.3) is 0 Å². The number of fused-ring (bicyclic) bond motifs is 5. The molecule has 0 bridgehead atoms. The van der Waals surface area contributed by atoms with E-state index in [9.17, 15) is 10.2 Å². The van der Waals surface area contributed by atoms with Crippen LogP contribution in [0.15, 0.2) is 48.5 Å². The summed E-state index contributed by atoms with van der Waals surface area (Å²) in [6.07, 6.45) is 7.91. The summed E-state index contributed by atoms with van der Waals surface area (Å²) in [6, 6.07) is 17.2. The van der Waals surface area contributed by atoms with Gasteiger partial charge in [0.05, 0.1) is 12.7 Å². The van der Waals surface area contributed by atoms with Gasteiger partial charge in [0, 0.05) is 0 Å². The van der Waals surface area contributed by atoms with Crippen molar-refractivity contribution in [3.05, 3.63) is 70.8 Å². The van der Waals surface area contributed by atoms with Crippen molar-refractivity contribution in [2.45, 2.75) is 70.5 Å². The van der Waals surface area contributed by atoms with Crippen molar-refractivity contribution in [3.8, 4) is 0 Å². The molecule has 2 aromatic carbocycles. The predicted molar refractivity (Wildman–Crippen MR) is 117 cm³/mol. The van der Waals surface area contributed by atoms with Gasteiger partial charge >= 0.3 is 0 Å². The second-order valence-electron chi connectivity index (χ2n) is 10.1. The number of hydrogen-bond donors (Lipinski definition) is 2. The number of aliphatic hydroxyl groups excluding tert-OH is 2. The van der Waals surface area contributed by atoms with E-state index in [0.29, 0.717) is 11.8 Å². The van der Waals surface area contributed by atoms with E-state index in [1.54, 1.807) is 5.56 Å². The van der Waals surface area contributed by atoms with Crippen LogP contribution in [0, 0.1) is 23.2 Å². The zero-order chi connectivity index (χ0) is 20.0. The Labute approximate surface area is 175 Å². The van der Waals surface area contributed by atoms with E-state index >= 15 is 0 Å². The molecule has 29 heavy (non-hydrogen) atoms. The highest BCUT2D eigenvalue weighted by molar-refractivity contribution is 5.38. The monoisotopic (exact) mass is 390 g/mol. The van der Waals surface area contributed by atoms with Gasteiger partial charge in [0.15, 0.2) is 0 Å². The van der Waals surface area contributed by atoms with Crippen LogP contribution in [-0.4, -0.2) is 16.3 Å². The molecule has 2 fully saturated rings. The lowest BCUT2D eigenvalue weighted by molar-refractivity contribution is -0.0239. The highest BCUT2D eigenvalue weighted by Gasteiger charge is 2.56. The largest absolute Gasteiger partial charge is 0.392 e. The van der Waals surface area contributed by atoms with Gasteiger partial charge in [-0.25, -0.2) is 0 Å². The second kappa shape index (κ2) is 7.56. The fourth-order valence-corrected chi connectivity index (χ4v) is 7.40. The molecule has 0 radical (unpaired) electrons. The molecule has 2 aromatic rings. The lowest BCUT2D eigenvalue weighted by atomic mass is 9.53. The van der Waals surface area contributed by atoms with Gasteiger partial charge in [0.2, 0.25) is 0 Å². The van der Waals surface area contributed by atoms with E-state index in [1.807, 2.05) is 0 Å². The molecular weight excluding hydrogens is 356 g/mol. The summed E-state index contributed by atoms with van der Waals surface area (Å²) >= 11 is 0. The van der Waals surface area contributed by atoms with E-state index in [0.717, 1.165) is 30.2 Å². The third-order valence-electron chi connectivity index (χ3n) is 8.80. The summed E-state index contributed by atoms with van der Waals surface area (Å²) in [5, 5.41) is 20.7. The molecule has 2 heteroatoms. The molecule has 0 spiro atoms. The Balaban J connectivity index is 1.36. The fraction of sp³-hybridized carbons (Fsp3) is 0.556. The van der Waals surface area contributed by atoms with Crippen LogP contribution in [0.25, 0.3) is 0 Å². The number of aryl methyl sites for hydroxylation is 1. The molecule has 3 aliphatic carbocycles. The first-order valence-corrected chi connectivity index (χ1v) is 11.5. The van der Waals surface area contributed by atoms with Crippen molar-refractivity contribution >= 4 is 0 Å². The molecule has 0 saturated heterocycles. The van der Waals surface area contributed by atoms with Gasteiger partial charge in [-0.2, -0.15) is 0 Å². The number of rotatable bonds is 4. The standard InChI is InChI=1S/C27H34O2/c1-27-14-13-22-21-9-7-19(17-28)15-20(21)8-10-23(22)24(27)11-12-25(27)26(29)16-18-5-3-2-4-6-18/h2-7,9,15,22-26,28-29H,8,10-14,16-17H2,1H3/t22-,23-,24+,25-,26?,27+/m1/s1. The first-order chi connectivity index (χ1) is 14.1. The molecule has 2 N–H and O–H groups in total. The Morgan fingerprint density at radius 3 is 2.62 bits per heavy atom. The molecule has 0 heterocycles. The second-order valence-corrected chi connectivity index (χ2v) is 10.1. The highest BCUT2D eigenvalue weighted by atomic mass is 16.3. The summed E-state index contributed by atoms with van der Waals surface area (Å²) in [5.74, 6) is 2.60. The average molecular weight is 391 g/mol. The maximum absolute atomic E-state index is 11.2. The third kappa shape index (κ3) is 3.25. The normalized spacial score (nSPS) is 34.2. The molecule has 0 amide bonds. The zero-order valence-corrected chi connectivity index (χ0v) is 17.6. The molecule has 1 unspecified atom stereocenters. The molecule has 2 nitrogen and oxygen atoms in total. The minimum absolute atomic E-state index is 0.142. The SMILES string of the molecule is C[C@]12CC[C@@H]3c4ccc(CO)cc4CC[C@H]3[C@@H]1CC[C@@H]2C(O)Cc1ccccc1. The molecule has 0 aromatic heterocycles. The van der Waals surface area contributed by atoms with Crippen LogP contribution in [0.5, 0.6) is 0 Å². The van der Waals surface area contributed by atoms with E-state index in [1.165, 1.54) is 43.2 Å². The van der Waals surface area contributed by atoms with E-state index in [-0.39, 0.29) is 18.1 Å². The van der Waals surface area contributed by atoms with Gasteiger partial charge < -0.3 is 10.2 Å². The van der Waals surface area contributed by atoms with Crippen LogP contribution < -0.4 is 0 Å². The van der Waals surface area contributed by atoms with Crippen LogP contribution in [0.2, 0.25) is 0 Å². The minimum atomic E-state index is -0.230. The first kappa shape index (κ1) is 19.3. The first-order valence-electron chi connectivity index (χ1n) is 11.5. The molecule has 154 valence electrons. The predicted octanol–water partition coefficient (Wildman–Crippen LogP) is 5.25. The van der Waals surface area contributed by atoms with Crippen molar-refractivity contribution in [3.63, 3.8) is 0 Å². The van der Waals surface area contributed by atoms with Crippen molar-refractivity contribution < 1.29 is 10.2 Å². The highest BCUT2D eigenvalue weighted by Crippen LogP contribution is 2.63. The van der Waals surface area contributed by atoms with Crippen LogP contribution in [-0.2, 0) is 19.4 Å². The quantitative estimate of drug-likeness (QED) is 0.748. The van der Waals surface area contributed by atoms with Crippen molar-refractivity contribution in [1.82, 2.24) is 0 Å². The number of aliphatic hydroxyl groups is 2. The summed E-state index contributed by atoms with van der Waals surface area (Å²) in [5.41, 5.74) is 5.60. The van der Waals surface area contributed by atoms with Crippen molar-refractivity contribution in [2.24, 2.45) is 23.2 Å². The van der Waals surface area contributed by atoms with Crippen molar-refractivity contribution in [1.29, 1.82) is 0 Å². The maximum atomic E-state index is 11.2. The van der Waals surface area contributed by atoms with Crippen LogP contribution in [0.1, 0.15) is 67.2 Å². The van der Waals surface area contributed by atoms with Crippen LogP contribution in [0.3, 0.4) is 0 Å². The van der Waals surface area contributed by atoms with E-state index in [2.05, 4.69) is 55.5 Å². The number of benzene rings is 2. The molecule has 6 atom stereocenters. The Hall–Kier alpha value is -1.64. The minimum Gasteiger partial charge on any atom is -0.392 e.